The Hall–Kier alpha value is -1.46. The van der Waals surface area contributed by atoms with Crippen LogP contribution in [0.4, 0.5) is 11.4 Å². The van der Waals surface area contributed by atoms with Gasteiger partial charge in [-0.1, -0.05) is 36.4 Å². The number of para-hydroxylation sites is 2. The minimum absolute atomic E-state index is 0.875. The molecule has 0 unspecified atom stereocenters. The van der Waals surface area contributed by atoms with E-state index < -0.39 is 0 Å². The Morgan fingerprint density at radius 3 is 1.50 bits per heavy atom. The predicted octanol–water partition coefficient (Wildman–Crippen LogP) is 6.82. The van der Waals surface area contributed by atoms with Gasteiger partial charge in [0.25, 0.3) is 0 Å². The van der Waals surface area contributed by atoms with Gasteiger partial charge in [-0.3, -0.25) is 9.98 Å². The van der Waals surface area contributed by atoms with Gasteiger partial charge in [-0.25, -0.2) is 0 Å². The first-order chi connectivity index (χ1) is 12.6. The van der Waals surface area contributed by atoms with Crippen molar-refractivity contribution in [3.8, 4) is 0 Å². The van der Waals surface area contributed by atoms with Crippen molar-refractivity contribution in [2.75, 3.05) is 0 Å². The zero-order chi connectivity index (χ0) is 18.8. The second-order valence-electron chi connectivity index (χ2n) is 5.51. The van der Waals surface area contributed by atoms with E-state index in [2.05, 4.69) is 69.2 Å². The van der Waals surface area contributed by atoms with Gasteiger partial charge in [-0.15, -0.1) is 0 Å². The molecule has 0 atom stereocenters. The molecule has 3 aromatic rings. The third kappa shape index (κ3) is 6.69. The average molecular weight is 517 g/mol. The molecule has 0 bridgehead atoms. The van der Waals surface area contributed by atoms with E-state index in [4.69, 9.17) is 0 Å². The fourth-order valence-electron chi connectivity index (χ4n) is 2.27. The van der Waals surface area contributed by atoms with Gasteiger partial charge < -0.3 is 4.98 Å². The molecule has 1 N–H and O–H groups in total. The molecule has 0 aliphatic carbocycles. The number of nitrogens with one attached hydrogen (secondary N) is 1. The number of halogens is 2. The molecule has 26 heavy (non-hydrogen) atoms. The van der Waals surface area contributed by atoms with E-state index in [1.807, 2.05) is 61.0 Å². The number of H-pyrrole nitrogens is 1. The Bertz CT molecular complexity index is 818. The van der Waals surface area contributed by atoms with Crippen LogP contribution in [0.25, 0.3) is 0 Å². The molecule has 0 aliphatic heterocycles. The Balaban J connectivity index is 0.000000758. The summed E-state index contributed by atoms with van der Waals surface area (Å²) in [4.78, 5) is 12.3. The van der Waals surface area contributed by atoms with Gasteiger partial charge in [0, 0.05) is 0 Å². The van der Waals surface area contributed by atoms with Crippen LogP contribution in [0.5, 0.6) is 0 Å². The summed E-state index contributed by atoms with van der Waals surface area (Å²) in [6.07, 6.45) is 3.68. The number of rotatable bonds is 4. The standard InChI is InChI=1S/C20H19N3.2BrH.Fe/c1-15-7-3-5-9-19(15)21-13-17-11-12-18(23-17)14-22-20-10-6-4-8-16(20)2;;;/h3-14,23H,1-2H3;2*1H;/q;;;+2/p-2. The van der Waals surface area contributed by atoms with Crippen molar-refractivity contribution in [2.24, 2.45) is 9.98 Å². The fraction of sp³-hybridized carbons (Fsp3) is 0.100. The molecule has 1 heterocycles. The molecular weight excluding hydrogens is 498 g/mol. The topological polar surface area (TPSA) is 40.5 Å². The van der Waals surface area contributed by atoms with Crippen molar-refractivity contribution >= 4 is 52.0 Å². The van der Waals surface area contributed by atoms with Crippen molar-refractivity contribution in [3.05, 3.63) is 83.2 Å². The van der Waals surface area contributed by atoms with Crippen molar-refractivity contribution < 1.29 is 11.3 Å². The van der Waals surface area contributed by atoms with Crippen molar-refractivity contribution in [2.45, 2.75) is 13.8 Å². The van der Waals surface area contributed by atoms with Gasteiger partial charge >= 0.3 is 39.6 Å². The summed E-state index contributed by atoms with van der Waals surface area (Å²) in [5, 5.41) is 0. The van der Waals surface area contributed by atoms with E-state index in [9.17, 15) is 0 Å². The number of nitrogens with zero attached hydrogens (tertiary/aromatic N) is 2. The molecule has 2 aromatic carbocycles. The summed E-state index contributed by atoms with van der Waals surface area (Å²) in [5.74, 6) is 0. The first-order valence-corrected chi connectivity index (χ1v) is 13.3. The zero-order valence-corrected chi connectivity index (χ0v) is 18.7. The number of aliphatic imine (C=N–C) groups is 2. The summed E-state index contributed by atoms with van der Waals surface area (Å²) in [6, 6.07) is 20.2. The summed E-state index contributed by atoms with van der Waals surface area (Å²) in [5.41, 5.74) is 6.21. The number of aromatic amines is 1. The summed E-state index contributed by atoms with van der Waals surface area (Å²) in [6.45, 7) is 4.11. The molecule has 0 amide bonds. The number of aryl methyl sites for hydroxylation is 2. The first-order valence-electron chi connectivity index (χ1n) is 7.87. The Morgan fingerprint density at radius 1 is 0.731 bits per heavy atom. The van der Waals surface area contributed by atoms with Crippen LogP contribution in [0.3, 0.4) is 0 Å². The molecule has 0 aliphatic rings. The van der Waals surface area contributed by atoms with Gasteiger partial charge in [0.2, 0.25) is 0 Å². The quantitative estimate of drug-likeness (QED) is 0.292. The first kappa shape index (κ1) is 20.8. The summed E-state index contributed by atoms with van der Waals surface area (Å²) in [7, 11) is 0. The molecular formula is C20H19Br2FeN3. The maximum absolute atomic E-state index is 4.52. The number of benzene rings is 2. The fourth-order valence-corrected chi connectivity index (χ4v) is 2.27. The van der Waals surface area contributed by atoms with E-state index in [-0.39, 0.29) is 0 Å². The summed E-state index contributed by atoms with van der Waals surface area (Å²) < 4.78 is 0. The molecule has 136 valence electrons. The summed E-state index contributed by atoms with van der Waals surface area (Å²) >= 11 is 7.00. The molecule has 0 spiro atoms. The van der Waals surface area contributed by atoms with Crippen LogP contribution in [0.2, 0.25) is 0 Å². The number of hydrogen-bond acceptors (Lipinski definition) is 2. The second kappa shape index (κ2) is 11.3. The Labute approximate surface area is 174 Å². The Morgan fingerprint density at radius 2 is 1.12 bits per heavy atom. The van der Waals surface area contributed by atoms with E-state index in [1.54, 1.807) is 0 Å². The molecule has 3 nitrogen and oxygen atoms in total. The van der Waals surface area contributed by atoms with Crippen LogP contribution in [0.15, 0.2) is 70.6 Å². The van der Waals surface area contributed by atoms with Gasteiger partial charge in [0.1, 0.15) is 0 Å². The average Bonchev–Trinajstić information content (AvgIpc) is 3.09. The van der Waals surface area contributed by atoms with Crippen molar-refractivity contribution in [3.63, 3.8) is 0 Å². The minimum atomic E-state index is 0.875. The molecule has 0 fully saturated rings. The van der Waals surface area contributed by atoms with Crippen LogP contribution in [0.1, 0.15) is 22.5 Å². The van der Waals surface area contributed by atoms with Crippen LogP contribution in [-0.2, 0) is 11.3 Å². The van der Waals surface area contributed by atoms with Gasteiger partial charge in [-0.2, -0.15) is 0 Å². The molecule has 0 saturated carbocycles. The van der Waals surface area contributed by atoms with E-state index in [0.717, 1.165) is 45.2 Å². The second-order valence-corrected chi connectivity index (χ2v) is 11.1. The van der Waals surface area contributed by atoms with E-state index >= 15 is 0 Å². The monoisotopic (exact) mass is 515 g/mol. The third-order valence-corrected chi connectivity index (χ3v) is 3.65. The predicted molar refractivity (Wildman–Crippen MR) is 116 cm³/mol. The Kier molecular flexibility index (Phi) is 9.06. The van der Waals surface area contributed by atoms with Crippen LogP contribution in [0, 0.1) is 13.8 Å². The number of aromatic nitrogens is 1. The molecule has 0 radical (unpaired) electrons. The van der Waals surface area contributed by atoms with Crippen LogP contribution in [-0.4, -0.2) is 17.4 Å². The number of hydrogen-bond donors (Lipinski definition) is 1. The SMILES string of the molecule is Cc1ccccc1N=Cc1ccc(C=Nc2ccccc2C)[nH]1.[Br][Fe][Br]. The van der Waals surface area contributed by atoms with Gasteiger partial charge in [-0.05, 0) is 49.2 Å². The third-order valence-electron chi connectivity index (χ3n) is 3.65. The van der Waals surface area contributed by atoms with E-state index in [1.165, 1.54) is 0 Å². The molecule has 3 rings (SSSR count). The normalized spacial score (nSPS) is 11.1. The molecule has 6 heteroatoms. The van der Waals surface area contributed by atoms with Crippen molar-refractivity contribution in [1.82, 2.24) is 4.98 Å². The van der Waals surface area contributed by atoms with Gasteiger partial charge in [0.15, 0.2) is 0 Å². The van der Waals surface area contributed by atoms with Crippen molar-refractivity contribution in [1.29, 1.82) is 0 Å². The molecule has 0 saturated heterocycles. The van der Waals surface area contributed by atoms with Crippen LogP contribution < -0.4 is 0 Å². The molecule has 1 aromatic heterocycles. The van der Waals surface area contributed by atoms with Gasteiger partial charge in [0.05, 0.1) is 35.2 Å². The van der Waals surface area contributed by atoms with Crippen LogP contribution >= 0.6 is 28.2 Å². The van der Waals surface area contributed by atoms with E-state index in [0.29, 0.717) is 0 Å². The zero-order valence-electron chi connectivity index (χ0n) is 14.4. The maximum atomic E-state index is 4.52.